The van der Waals surface area contributed by atoms with Crippen molar-refractivity contribution in [2.75, 3.05) is 13.1 Å². The molecule has 0 aliphatic heterocycles. The van der Waals surface area contributed by atoms with Crippen LogP contribution in [0.1, 0.15) is 59.3 Å². The van der Waals surface area contributed by atoms with Crippen molar-refractivity contribution in [1.29, 1.82) is 0 Å². The Morgan fingerprint density at radius 1 is 1.05 bits per heavy atom. The molecule has 0 aromatic rings. The van der Waals surface area contributed by atoms with Gasteiger partial charge >= 0.3 is 0 Å². The lowest BCUT2D eigenvalue weighted by molar-refractivity contribution is 0.163. The van der Waals surface area contributed by atoms with E-state index >= 15 is 0 Å². The first-order chi connectivity index (χ1) is 8.87. The predicted octanol–water partition coefficient (Wildman–Crippen LogP) is 1.79. The van der Waals surface area contributed by atoms with Crippen LogP contribution in [0.25, 0.3) is 0 Å². The maximum atomic E-state index is 11.5. The zero-order chi connectivity index (χ0) is 14.7. The molecule has 3 N–H and O–H groups in total. The van der Waals surface area contributed by atoms with Crippen molar-refractivity contribution in [3.63, 3.8) is 0 Å². The first-order valence-electron chi connectivity index (χ1n) is 7.29. The van der Waals surface area contributed by atoms with E-state index in [0.29, 0.717) is 18.9 Å². The molecule has 0 radical (unpaired) electrons. The molecule has 0 aliphatic carbocycles. The summed E-state index contributed by atoms with van der Waals surface area (Å²) < 4.78 is 28.0. The molecular formula is C13H30N2O3S. The summed E-state index contributed by atoms with van der Waals surface area (Å²) >= 11 is 0. The lowest BCUT2D eigenvalue weighted by Crippen LogP contribution is -2.40. The molecule has 0 amide bonds. The first-order valence-corrected chi connectivity index (χ1v) is 8.78. The minimum Gasteiger partial charge on any atom is -0.392 e. The van der Waals surface area contributed by atoms with Crippen LogP contribution in [0.2, 0.25) is 0 Å². The molecule has 0 spiro atoms. The van der Waals surface area contributed by atoms with Gasteiger partial charge in [-0.1, -0.05) is 46.5 Å². The fourth-order valence-electron chi connectivity index (χ4n) is 1.70. The number of unbranched alkanes of at least 4 members (excludes halogenated alkanes) is 2. The third-order valence-corrected chi connectivity index (χ3v) is 4.03. The normalized spacial score (nSPS) is 13.9. The van der Waals surface area contributed by atoms with E-state index in [2.05, 4.69) is 30.2 Å². The summed E-state index contributed by atoms with van der Waals surface area (Å²) in [6.07, 6.45) is 4.92. The highest BCUT2D eigenvalue weighted by Gasteiger charge is 2.11. The van der Waals surface area contributed by atoms with Crippen LogP contribution in [0.15, 0.2) is 0 Å². The summed E-state index contributed by atoms with van der Waals surface area (Å²) in [7, 11) is -3.46. The van der Waals surface area contributed by atoms with Crippen molar-refractivity contribution in [2.24, 2.45) is 5.92 Å². The van der Waals surface area contributed by atoms with E-state index in [9.17, 15) is 13.5 Å². The average molecular weight is 294 g/mol. The number of rotatable bonds is 12. The molecule has 0 heterocycles. The van der Waals surface area contributed by atoms with E-state index in [4.69, 9.17) is 0 Å². The Kier molecular flexibility index (Phi) is 10.5. The Balaban J connectivity index is 3.71. The molecule has 0 fully saturated rings. The second-order valence-corrected chi connectivity index (χ2v) is 7.02. The lowest BCUT2D eigenvalue weighted by Gasteiger charge is -2.13. The molecule has 0 aromatic heterocycles. The van der Waals surface area contributed by atoms with Gasteiger partial charge in [0.25, 0.3) is 10.2 Å². The zero-order valence-electron chi connectivity index (χ0n) is 12.5. The van der Waals surface area contributed by atoms with Crippen molar-refractivity contribution >= 4 is 10.2 Å². The second kappa shape index (κ2) is 10.6. The topological polar surface area (TPSA) is 78.4 Å². The van der Waals surface area contributed by atoms with Crippen LogP contribution in [0.5, 0.6) is 0 Å². The smallest absolute Gasteiger partial charge is 0.276 e. The molecule has 116 valence electrons. The summed E-state index contributed by atoms with van der Waals surface area (Å²) in [4.78, 5) is 0. The van der Waals surface area contributed by atoms with Gasteiger partial charge in [0.2, 0.25) is 0 Å². The van der Waals surface area contributed by atoms with Crippen molar-refractivity contribution < 1.29 is 13.5 Å². The van der Waals surface area contributed by atoms with Crippen LogP contribution in [0, 0.1) is 5.92 Å². The van der Waals surface area contributed by atoms with Crippen molar-refractivity contribution in [3.05, 3.63) is 0 Å². The van der Waals surface area contributed by atoms with Crippen LogP contribution < -0.4 is 9.44 Å². The average Bonchev–Trinajstić information content (AvgIpc) is 2.32. The fraction of sp³-hybridized carbons (Fsp3) is 1.00. The fourth-order valence-corrected chi connectivity index (χ4v) is 2.63. The number of nitrogens with one attached hydrogen (secondary N) is 2. The van der Waals surface area contributed by atoms with Crippen molar-refractivity contribution in [3.8, 4) is 0 Å². The van der Waals surface area contributed by atoms with Crippen LogP contribution in [0.4, 0.5) is 0 Å². The molecule has 19 heavy (non-hydrogen) atoms. The van der Waals surface area contributed by atoms with E-state index in [1.54, 1.807) is 0 Å². The van der Waals surface area contributed by atoms with E-state index in [-0.39, 0.29) is 6.54 Å². The van der Waals surface area contributed by atoms with Gasteiger partial charge in [-0.15, -0.1) is 0 Å². The Bertz CT molecular complexity index is 305. The molecule has 0 aliphatic rings. The Labute approximate surface area is 118 Å². The molecule has 6 heteroatoms. The van der Waals surface area contributed by atoms with Crippen LogP contribution in [-0.4, -0.2) is 32.7 Å². The summed E-state index contributed by atoms with van der Waals surface area (Å²) in [6.45, 7) is 6.87. The highest BCUT2D eigenvalue weighted by atomic mass is 32.2. The minimum atomic E-state index is -3.46. The molecule has 1 atom stereocenters. The van der Waals surface area contributed by atoms with Gasteiger partial charge in [0.05, 0.1) is 6.10 Å². The molecular weight excluding hydrogens is 264 g/mol. The summed E-state index contributed by atoms with van der Waals surface area (Å²) in [5.41, 5.74) is 0. The lowest BCUT2D eigenvalue weighted by atomic mass is 10.0. The second-order valence-electron chi connectivity index (χ2n) is 5.43. The van der Waals surface area contributed by atoms with Gasteiger partial charge in [-0.05, 0) is 18.8 Å². The third-order valence-electron chi connectivity index (χ3n) is 2.90. The molecule has 0 bridgehead atoms. The maximum Gasteiger partial charge on any atom is 0.276 e. The monoisotopic (exact) mass is 294 g/mol. The van der Waals surface area contributed by atoms with Gasteiger partial charge in [-0.2, -0.15) is 13.1 Å². The van der Waals surface area contributed by atoms with Gasteiger partial charge in [-0.3, -0.25) is 0 Å². The van der Waals surface area contributed by atoms with Crippen LogP contribution in [-0.2, 0) is 10.2 Å². The van der Waals surface area contributed by atoms with E-state index < -0.39 is 16.3 Å². The number of aliphatic hydroxyl groups excluding tert-OH is 1. The summed E-state index contributed by atoms with van der Waals surface area (Å²) in [6, 6.07) is 0. The Morgan fingerprint density at radius 3 is 2.32 bits per heavy atom. The van der Waals surface area contributed by atoms with E-state index in [1.807, 2.05) is 0 Å². The van der Waals surface area contributed by atoms with Gasteiger partial charge in [0.15, 0.2) is 0 Å². The SMILES string of the molecule is CCCCCNS(=O)(=O)NCC(O)CCCC(C)C. The number of hydrogen-bond acceptors (Lipinski definition) is 3. The highest BCUT2D eigenvalue weighted by molar-refractivity contribution is 7.87. The summed E-state index contributed by atoms with van der Waals surface area (Å²) in [5, 5.41) is 9.68. The Hall–Kier alpha value is -0.170. The van der Waals surface area contributed by atoms with Gasteiger partial charge in [-0.25, -0.2) is 4.72 Å². The molecule has 1 unspecified atom stereocenters. The Morgan fingerprint density at radius 2 is 1.74 bits per heavy atom. The molecule has 0 saturated heterocycles. The van der Waals surface area contributed by atoms with Crippen LogP contribution in [0.3, 0.4) is 0 Å². The van der Waals surface area contributed by atoms with E-state index in [1.165, 1.54) is 0 Å². The predicted molar refractivity (Wildman–Crippen MR) is 79.1 cm³/mol. The standard InChI is InChI=1S/C13H30N2O3S/c1-4-5-6-10-14-19(17,18)15-11-13(16)9-7-8-12(2)3/h12-16H,4-11H2,1-3H3. The highest BCUT2D eigenvalue weighted by Crippen LogP contribution is 2.08. The van der Waals surface area contributed by atoms with Gasteiger partial charge in [0.1, 0.15) is 0 Å². The van der Waals surface area contributed by atoms with Gasteiger partial charge in [0, 0.05) is 13.1 Å². The number of aliphatic hydroxyl groups is 1. The molecule has 5 nitrogen and oxygen atoms in total. The van der Waals surface area contributed by atoms with Crippen molar-refractivity contribution in [1.82, 2.24) is 9.44 Å². The molecule has 0 aromatic carbocycles. The minimum absolute atomic E-state index is 0.0845. The first kappa shape index (κ1) is 18.8. The quantitative estimate of drug-likeness (QED) is 0.480. The summed E-state index contributed by atoms with van der Waals surface area (Å²) in [5.74, 6) is 0.615. The van der Waals surface area contributed by atoms with Gasteiger partial charge < -0.3 is 5.11 Å². The third kappa shape index (κ3) is 12.6. The van der Waals surface area contributed by atoms with Crippen molar-refractivity contribution in [2.45, 2.75) is 65.4 Å². The number of hydrogen-bond donors (Lipinski definition) is 3. The van der Waals surface area contributed by atoms with Crippen LogP contribution >= 0.6 is 0 Å². The molecule has 0 saturated carbocycles. The maximum absolute atomic E-state index is 11.5. The largest absolute Gasteiger partial charge is 0.392 e. The molecule has 0 rings (SSSR count). The van der Waals surface area contributed by atoms with E-state index in [0.717, 1.165) is 32.1 Å². The zero-order valence-corrected chi connectivity index (χ0v) is 13.3.